The van der Waals surface area contributed by atoms with E-state index in [-0.39, 0.29) is 5.91 Å². The Morgan fingerprint density at radius 3 is 2.06 bits per heavy atom. The summed E-state index contributed by atoms with van der Waals surface area (Å²) >= 11 is 0. The number of piperazine rings is 1. The molecule has 0 aliphatic carbocycles. The summed E-state index contributed by atoms with van der Waals surface area (Å²) in [7, 11) is 3.13. The molecule has 1 aliphatic heterocycles. The second-order valence-corrected chi connectivity index (χ2v) is 6.58. The highest BCUT2D eigenvalue weighted by Gasteiger charge is 2.25. The zero-order valence-electron chi connectivity index (χ0n) is 17.4. The SMILES string of the molecule is COc1cccc(C(=O)N2CCN(Cc3ccncc3)CC2)c1OC.O=C(O)C(=O)O. The molecule has 1 aromatic carbocycles. The number of para-hydroxylation sites is 1. The molecule has 1 amide bonds. The second kappa shape index (κ2) is 11.5. The number of amides is 1. The van der Waals surface area contributed by atoms with E-state index in [0.29, 0.717) is 30.2 Å². The Labute approximate surface area is 179 Å². The molecule has 1 aromatic heterocycles. The van der Waals surface area contributed by atoms with E-state index in [9.17, 15) is 4.79 Å². The van der Waals surface area contributed by atoms with Crippen molar-refractivity contribution >= 4 is 17.8 Å². The van der Waals surface area contributed by atoms with Crippen LogP contribution in [0.3, 0.4) is 0 Å². The van der Waals surface area contributed by atoms with Gasteiger partial charge in [-0.05, 0) is 29.8 Å². The van der Waals surface area contributed by atoms with E-state index in [4.69, 9.17) is 29.3 Å². The summed E-state index contributed by atoms with van der Waals surface area (Å²) in [5.74, 6) is -2.59. The van der Waals surface area contributed by atoms with Gasteiger partial charge in [0, 0.05) is 45.1 Å². The average Bonchev–Trinajstić information content (AvgIpc) is 2.79. The van der Waals surface area contributed by atoms with Crippen molar-refractivity contribution in [1.82, 2.24) is 14.8 Å². The van der Waals surface area contributed by atoms with Crippen molar-refractivity contribution in [2.75, 3.05) is 40.4 Å². The number of carboxylic acid groups (broad SMARTS) is 2. The lowest BCUT2D eigenvalue weighted by molar-refractivity contribution is -0.159. The van der Waals surface area contributed by atoms with E-state index in [0.717, 1.165) is 19.6 Å². The average molecular weight is 431 g/mol. The van der Waals surface area contributed by atoms with E-state index in [2.05, 4.69) is 9.88 Å². The minimum Gasteiger partial charge on any atom is -0.493 e. The van der Waals surface area contributed by atoms with Crippen LogP contribution in [0.2, 0.25) is 0 Å². The van der Waals surface area contributed by atoms with Gasteiger partial charge in [-0.3, -0.25) is 14.7 Å². The zero-order chi connectivity index (χ0) is 22.8. The fraction of sp³-hybridized carbons (Fsp3) is 0.333. The first kappa shape index (κ1) is 23.6. The molecular formula is C21H25N3O7. The number of aromatic nitrogens is 1. The number of rotatable bonds is 5. The van der Waals surface area contributed by atoms with E-state index in [1.165, 1.54) is 5.56 Å². The van der Waals surface area contributed by atoms with Gasteiger partial charge in [0.25, 0.3) is 5.91 Å². The summed E-state index contributed by atoms with van der Waals surface area (Å²) in [6, 6.07) is 9.45. The zero-order valence-corrected chi connectivity index (χ0v) is 17.4. The quantitative estimate of drug-likeness (QED) is 0.671. The number of benzene rings is 1. The lowest BCUT2D eigenvalue weighted by Crippen LogP contribution is -2.48. The number of hydrogen-bond donors (Lipinski definition) is 2. The van der Waals surface area contributed by atoms with Gasteiger partial charge in [-0.15, -0.1) is 0 Å². The molecule has 10 nitrogen and oxygen atoms in total. The maximum Gasteiger partial charge on any atom is 0.414 e. The van der Waals surface area contributed by atoms with Crippen LogP contribution < -0.4 is 9.47 Å². The molecule has 2 N–H and O–H groups in total. The predicted octanol–water partition coefficient (Wildman–Crippen LogP) is 1.21. The molecule has 2 heterocycles. The van der Waals surface area contributed by atoms with Crippen molar-refractivity contribution in [3.05, 3.63) is 53.9 Å². The maximum absolute atomic E-state index is 12.9. The van der Waals surface area contributed by atoms with Crippen LogP contribution in [0, 0.1) is 0 Å². The van der Waals surface area contributed by atoms with Crippen molar-refractivity contribution in [1.29, 1.82) is 0 Å². The summed E-state index contributed by atoms with van der Waals surface area (Å²) < 4.78 is 10.7. The van der Waals surface area contributed by atoms with Gasteiger partial charge in [0.15, 0.2) is 11.5 Å². The van der Waals surface area contributed by atoms with Crippen LogP contribution in [0.4, 0.5) is 0 Å². The number of methoxy groups -OCH3 is 2. The minimum absolute atomic E-state index is 0.0145. The molecule has 166 valence electrons. The molecule has 31 heavy (non-hydrogen) atoms. The summed E-state index contributed by atoms with van der Waals surface area (Å²) in [4.78, 5) is 39.3. The molecule has 0 bridgehead atoms. The smallest absolute Gasteiger partial charge is 0.414 e. The second-order valence-electron chi connectivity index (χ2n) is 6.58. The van der Waals surface area contributed by atoms with Crippen molar-refractivity contribution in [2.45, 2.75) is 6.54 Å². The molecule has 2 aromatic rings. The molecule has 0 radical (unpaired) electrons. The third-order valence-electron chi connectivity index (χ3n) is 4.63. The number of carbonyl (C=O) groups excluding carboxylic acids is 1. The number of nitrogens with zero attached hydrogens (tertiary/aromatic N) is 3. The Balaban J connectivity index is 0.000000501. The number of aliphatic carboxylic acids is 2. The normalized spacial score (nSPS) is 13.5. The van der Waals surface area contributed by atoms with Crippen LogP contribution in [0.15, 0.2) is 42.7 Å². The van der Waals surface area contributed by atoms with Gasteiger partial charge in [-0.2, -0.15) is 0 Å². The Bertz CT molecular complexity index is 885. The van der Waals surface area contributed by atoms with Gasteiger partial charge in [-0.1, -0.05) is 6.07 Å². The van der Waals surface area contributed by atoms with Crippen molar-refractivity contribution in [3.8, 4) is 11.5 Å². The van der Waals surface area contributed by atoms with Gasteiger partial charge in [-0.25, -0.2) is 9.59 Å². The molecule has 0 atom stereocenters. The Kier molecular flexibility index (Phi) is 8.77. The first-order valence-corrected chi connectivity index (χ1v) is 9.45. The maximum atomic E-state index is 12.9. The fourth-order valence-electron chi connectivity index (χ4n) is 3.08. The van der Waals surface area contributed by atoms with E-state index >= 15 is 0 Å². The molecule has 0 unspecified atom stereocenters. The van der Waals surface area contributed by atoms with Gasteiger partial charge < -0.3 is 24.6 Å². The molecule has 10 heteroatoms. The van der Waals surface area contributed by atoms with Gasteiger partial charge in [0.05, 0.1) is 19.8 Å². The van der Waals surface area contributed by atoms with Gasteiger partial charge in [0.1, 0.15) is 0 Å². The number of carbonyl (C=O) groups is 3. The van der Waals surface area contributed by atoms with Crippen LogP contribution >= 0.6 is 0 Å². The summed E-state index contributed by atoms with van der Waals surface area (Å²) in [6.45, 7) is 3.97. The topological polar surface area (TPSA) is 130 Å². The highest BCUT2D eigenvalue weighted by atomic mass is 16.5. The van der Waals surface area contributed by atoms with E-state index in [1.807, 2.05) is 35.5 Å². The Hall–Kier alpha value is -3.66. The molecule has 0 spiro atoms. The first-order valence-electron chi connectivity index (χ1n) is 9.45. The Morgan fingerprint density at radius 1 is 0.935 bits per heavy atom. The highest BCUT2D eigenvalue weighted by molar-refractivity contribution is 6.27. The van der Waals surface area contributed by atoms with E-state index < -0.39 is 11.9 Å². The van der Waals surface area contributed by atoms with Crippen molar-refractivity contribution in [2.24, 2.45) is 0 Å². The summed E-state index contributed by atoms with van der Waals surface area (Å²) in [5, 5.41) is 14.8. The van der Waals surface area contributed by atoms with Crippen LogP contribution in [-0.2, 0) is 16.1 Å². The van der Waals surface area contributed by atoms with Crippen LogP contribution in [-0.4, -0.2) is 83.2 Å². The molecule has 3 rings (SSSR count). The number of carboxylic acids is 2. The Morgan fingerprint density at radius 2 is 1.55 bits per heavy atom. The lowest BCUT2D eigenvalue weighted by Gasteiger charge is -2.35. The largest absolute Gasteiger partial charge is 0.493 e. The molecule has 1 aliphatic rings. The molecule has 1 fully saturated rings. The van der Waals surface area contributed by atoms with Gasteiger partial charge in [0.2, 0.25) is 0 Å². The van der Waals surface area contributed by atoms with Crippen molar-refractivity contribution in [3.63, 3.8) is 0 Å². The third kappa shape index (κ3) is 6.68. The highest BCUT2D eigenvalue weighted by Crippen LogP contribution is 2.31. The number of pyridine rings is 1. The lowest BCUT2D eigenvalue weighted by atomic mass is 10.1. The molecule has 1 saturated heterocycles. The van der Waals surface area contributed by atoms with Crippen LogP contribution in [0.25, 0.3) is 0 Å². The van der Waals surface area contributed by atoms with Crippen molar-refractivity contribution < 1.29 is 34.1 Å². The third-order valence-corrected chi connectivity index (χ3v) is 4.63. The monoisotopic (exact) mass is 431 g/mol. The van der Waals surface area contributed by atoms with Crippen LogP contribution in [0.1, 0.15) is 15.9 Å². The predicted molar refractivity (Wildman–Crippen MR) is 110 cm³/mol. The first-order chi connectivity index (χ1) is 14.9. The summed E-state index contributed by atoms with van der Waals surface area (Å²) in [6.07, 6.45) is 3.62. The van der Waals surface area contributed by atoms with Gasteiger partial charge >= 0.3 is 11.9 Å². The standard InChI is InChI=1S/C19H23N3O3.C2H2O4/c1-24-17-5-3-4-16(18(17)25-2)19(23)22-12-10-21(11-13-22)14-15-6-8-20-9-7-15;3-1(4)2(5)6/h3-9H,10-14H2,1-2H3;(H,3,4)(H,5,6). The number of ether oxygens (including phenoxy) is 2. The number of hydrogen-bond acceptors (Lipinski definition) is 7. The van der Waals surface area contributed by atoms with E-state index in [1.54, 1.807) is 26.4 Å². The molecule has 0 saturated carbocycles. The molecular weight excluding hydrogens is 406 g/mol. The fourth-order valence-corrected chi connectivity index (χ4v) is 3.08. The van der Waals surface area contributed by atoms with Crippen LogP contribution in [0.5, 0.6) is 11.5 Å². The summed E-state index contributed by atoms with van der Waals surface area (Å²) in [5.41, 5.74) is 1.79. The minimum atomic E-state index is -1.82.